The molecule has 0 saturated carbocycles. The molecule has 0 aliphatic carbocycles. The van der Waals surface area contributed by atoms with E-state index in [1.54, 1.807) is 19.2 Å². The Bertz CT molecular complexity index is 572. The number of nitrogens with two attached hydrogens (primary N) is 1. The minimum absolute atomic E-state index is 0.0102. The van der Waals surface area contributed by atoms with E-state index in [4.69, 9.17) is 10.5 Å². The monoisotopic (exact) mass is 260 g/mol. The number of benzene rings is 2. The second kappa shape index (κ2) is 5.61. The Morgan fingerprint density at radius 2 is 2.00 bits per heavy atom. The highest BCUT2D eigenvalue weighted by Gasteiger charge is 2.07. The van der Waals surface area contributed by atoms with Crippen molar-refractivity contribution < 1.29 is 9.13 Å². The van der Waals surface area contributed by atoms with Crippen LogP contribution in [-0.2, 0) is 0 Å². The van der Waals surface area contributed by atoms with Crippen LogP contribution in [0.2, 0.25) is 0 Å². The maximum atomic E-state index is 13.2. The van der Waals surface area contributed by atoms with E-state index in [9.17, 15) is 4.39 Å². The smallest absolute Gasteiger partial charge is 0.143 e. The van der Waals surface area contributed by atoms with Crippen LogP contribution >= 0.6 is 0 Å². The van der Waals surface area contributed by atoms with Crippen molar-refractivity contribution in [3.63, 3.8) is 0 Å². The highest BCUT2D eigenvalue weighted by Crippen LogP contribution is 2.27. The molecule has 0 radical (unpaired) electrons. The van der Waals surface area contributed by atoms with E-state index in [-0.39, 0.29) is 11.9 Å². The average molecular weight is 260 g/mol. The molecule has 19 heavy (non-hydrogen) atoms. The third kappa shape index (κ3) is 3.16. The summed E-state index contributed by atoms with van der Waals surface area (Å²) in [7, 11) is 1.57. The lowest BCUT2D eigenvalue weighted by Gasteiger charge is -2.17. The van der Waals surface area contributed by atoms with Gasteiger partial charge in [0.25, 0.3) is 0 Å². The molecule has 0 aliphatic heterocycles. The van der Waals surface area contributed by atoms with E-state index >= 15 is 0 Å². The molecule has 3 N–H and O–H groups in total. The Labute approximate surface area is 112 Å². The Hall–Kier alpha value is -2.23. The molecule has 2 aromatic rings. The molecule has 0 bridgehead atoms. The van der Waals surface area contributed by atoms with Crippen molar-refractivity contribution in [2.75, 3.05) is 18.2 Å². The minimum Gasteiger partial charge on any atom is -0.495 e. The predicted octanol–water partition coefficient (Wildman–Crippen LogP) is 3.59. The summed E-state index contributed by atoms with van der Waals surface area (Å²) in [6.45, 7) is 1.97. The van der Waals surface area contributed by atoms with Gasteiger partial charge in [-0.05, 0) is 36.8 Å². The van der Waals surface area contributed by atoms with E-state index < -0.39 is 0 Å². The first-order valence-corrected chi connectivity index (χ1v) is 6.05. The van der Waals surface area contributed by atoms with Crippen molar-refractivity contribution in [2.24, 2.45) is 0 Å². The van der Waals surface area contributed by atoms with Gasteiger partial charge in [-0.1, -0.05) is 12.1 Å². The number of anilines is 2. The molecular weight excluding hydrogens is 243 g/mol. The summed E-state index contributed by atoms with van der Waals surface area (Å²) < 4.78 is 18.3. The number of hydrogen-bond acceptors (Lipinski definition) is 3. The molecule has 2 aromatic carbocycles. The zero-order chi connectivity index (χ0) is 13.8. The molecule has 0 fully saturated rings. The Morgan fingerprint density at radius 1 is 1.21 bits per heavy atom. The summed E-state index contributed by atoms with van der Waals surface area (Å²) in [6.07, 6.45) is 0. The van der Waals surface area contributed by atoms with Crippen LogP contribution in [0, 0.1) is 5.82 Å². The molecule has 4 heteroatoms. The molecular formula is C15H17FN2O. The van der Waals surface area contributed by atoms with Crippen LogP contribution in [-0.4, -0.2) is 7.11 Å². The fourth-order valence-electron chi connectivity index (χ4n) is 1.91. The molecule has 1 unspecified atom stereocenters. The second-order valence-corrected chi connectivity index (χ2v) is 4.38. The first kappa shape index (κ1) is 13.2. The number of nitrogens with one attached hydrogen (secondary N) is 1. The van der Waals surface area contributed by atoms with Crippen LogP contribution in [0.15, 0.2) is 42.5 Å². The normalized spacial score (nSPS) is 11.9. The van der Waals surface area contributed by atoms with Crippen LogP contribution in [0.5, 0.6) is 5.75 Å². The van der Waals surface area contributed by atoms with Gasteiger partial charge in [-0.2, -0.15) is 0 Å². The predicted molar refractivity (Wildman–Crippen MR) is 75.8 cm³/mol. The summed E-state index contributed by atoms with van der Waals surface area (Å²) in [5.74, 6) is 0.387. The average Bonchev–Trinajstić information content (AvgIpc) is 2.41. The van der Waals surface area contributed by atoms with Crippen LogP contribution < -0.4 is 15.8 Å². The van der Waals surface area contributed by atoms with E-state index in [0.29, 0.717) is 11.4 Å². The van der Waals surface area contributed by atoms with Crippen LogP contribution in [0.1, 0.15) is 18.5 Å². The maximum Gasteiger partial charge on any atom is 0.143 e. The van der Waals surface area contributed by atoms with Gasteiger partial charge in [0.2, 0.25) is 0 Å². The zero-order valence-electron chi connectivity index (χ0n) is 11.0. The number of methoxy groups -OCH3 is 1. The largest absolute Gasteiger partial charge is 0.495 e. The first-order valence-electron chi connectivity index (χ1n) is 6.05. The van der Waals surface area contributed by atoms with E-state index in [0.717, 1.165) is 11.3 Å². The van der Waals surface area contributed by atoms with E-state index in [1.807, 2.05) is 25.1 Å². The Balaban J connectivity index is 2.17. The van der Waals surface area contributed by atoms with Gasteiger partial charge >= 0.3 is 0 Å². The summed E-state index contributed by atoms with van der Waals surface area (Å²) in [5, 5.41) is 3.29. The van der Waals surface area contributed by atoms with Crippen molar-refractivity contribution >= 4 is 11.4 Å². The van der Waals surface area contributed by atoms with Gasteiger partial charge in [-0.3, -0.25) is 0 Å². The van der Waals surface area contributed by atoms with E-state index in [1.165, 1.54) is 12.1 Å². The molecule has 2 rings (SSSR count). The lowest BCUT2D eigenvalue weighted by atomic mass is 10.1. The van der Waals surface area contributed by atoms with Crippen LogP contribution in [0.4, 0.5) is 15.8 Å². The number of hydrogen-bond donors (Lipinski definition) is 2. The number of rotatable bonds is 4. The standard InChI is InChI=1S/C15H17FN2O/c1-10(11-4-3-5-12(16)8-11)18-13-6-7-14(17)15(9-13)19-2/h3-10,18H,17H2,1-2H3. The molecule has 0 aliphatic rings. The quantitative estimate of drug-likeness (QED) is 0.826. The summed E-state index contributed by atoms with van der Waals surface area (Å²) in [6, 6.07) is 12.0. The van der Waals surface area contributed by atoms with Crippen molar-refractivity contribution in [1.82, 2.24) is 0 Å². The third-order valence-corrected chi connectivity index (χ3v) is 2.97. The van der Waals surface area contributed by atoms with Crippen molar-refractivity contribution in [3.05, 3.63) is 53.8 Å². The zero-order valence-corrected chi connectivity index (χ0v) is 11.0. The lowest BCUT2D eigenvalue weighted by molar-refractivity contribution is 0.417. The van der Waals surface area contributed by atoms with Crippen molar-refractivity contribution in [1.29, 1.82) is 0 Å². The third-order valence-electron chi connectivity index (χ3n) is 2.97. The highest BCUT2D eigenvalue weighted by molar-refractivity contribution is 5.61. The molecule has 0 heterocycles. The highest BCUT2D eigenvalue weighted by atomic mass is 19.1. The van der Waals surface area contributed by atoms with Crippen LogP contribution in [0.3, 0.4) is 0 Å². The van der Waals surface area contributed by atoms with Gasteiger partial charge in [0.1, 0.15) is 11.6 Å². The fourth-order valence-corrected chi connectivity index (χ4v) is 1.91. The van der Waals surface area contributed by atoms with Gasteiger partial charge in [-0.25, -0.2) is 4.39 Å². The Kier molecular flexibility index (Phi) is 3.90. The van der Waals surface area contributed by atoms with Gasteiger partial charge in [0.15, 0.2) is 0 Å². The van der Waals surface area contributed by atoms with Gasteiger partial charge in [0.05, 0.1) is 12.8 Å². The summed E-state index contributed by atoms with van der Waals surface area (Å²) in [5.41, 5.74) is 8.11. The van der Waals surface area contributed by atoms with Crippen molar-refractivity contribution in [2.45, 2.75) is 13.0 Å². The fraction of sp³-hybridized carbons (Fsp3) is 0.200. The molecule has 3 nitrogen and oxygen atoms in total. The molecule has 1 atom stereocenters. The maximum absolute atomic E-state index is 13.2. The minimum atomic E-state index is -0.235. The summed E-state index contributed by atoms with van der Waals surface area (Å²) in [4.78, 5) is 0. The first-order chi connectivity index (χ1) is 9.10. The Morgan fingerprint density at radius 3 is 2.68 bits per heavy atom. The number of ether oxygens (including phenoxy) is 1. The molecule has 0 saturated heterocycles. The van der Waals surface area contributed by atoms with Crippen molar-refractivity contribution in [3.8, 4) is 5.75 Å². The summed E-state index contributed by atoms with van der Waals surface area (Å²) >= 11 is 0. The lowest BCUT2D eigenvalue weighted by Crippen LogP contribution is -2.07. The van der Waals surface area contributed by atoms with Gasteiger partial charge in [-0.15, -0.1) is 0 Å². The van der Waals surface area contributed by atoms with E-state index in [2.05, 4.69) is 5.32 Å². The molecule has 0 aromatic heterocycles. The number of halogens is 1. The SMILES string of the molecule is COc1cc(NC(C)c2cccc(F)c2)ccc1N. The van der Waals surface area contributed by atoms with Gasteiger partial charge in [0, 0.05) is 17.8 Å². The van der Waals surface area contributed by atoms with Crippen LogP contribution in [0.25, 0.3) is 0 Å². The topological polar surface area (TPSA) is 47.3 Å². The second-order valence-electron chi connectivity index (χ2n) is 4.38. The molecule has 100 valence electrons. The number of nitrogen functional groups attached to an aromatic ring is 1. The molecule has 0 spiro atoms. The molecule has 0 amide bonds. The van der Waals surface area contributed by atoms with Gasteiger partial charge < -0.3 is 15.8 Å².